The van der Waals surface area contributed by atoms with Crippen LogP contribution in [0.3, 0.4) is 0 Å². The predicted octanol–water partition coefficient (Wildman–Crippen LogP) is 1.70. The maximum Gasteiger partial charge on any atom is 0.323 e. The standard InChI is InChI=1S/C12H16N2O2/c1-9-3-4-10-11(7-9)14(8-12(15)16)6-2-5-13-10/h3-4,7,13H,2,5-6,8H2,1H3,(H,15,16). The molecule has 0 unspecified atom stereocenters. The molecule has 4 heteroatoms. The van der Waals surface area contributed by atoms with E-state index in [9.17, 15) is 4.79 Å². The topological polar surface area (TPSA) is 52.6 Å². The van der Waals surface area contributed by atoms with Crippen LogP contribution in [0.15, 0.2) is 18.2 Å². The molecule has 0 spiro atoms. The van der Waals surface area contributed by atoms with Crippen LogP contribution in [-0.2, 0) is 4.79 Å². The maximum atomic E-state index is 10.8. The van der Waals surface area contributed by atoms with Crippen molar-refractivity contribution in [3.05, 3.63) is 23.8 Å². The summed E-state index contributed by atoms with van der Waals surface area (Å²) < 4.78 is 0. The third-order valence-corrected chi connectivity index (χ3v) is 2.74. The summed E-state index contributed by atoms with van der Waals surface area (Å²) >= 11 is 0. The molecule has 2 N–H and O–H groups in total. The molecule has 2 rings (SSSR count). The number of fused-ring (bicyclic) bond motifs is 1. The number of anilines is 2. The lowest BCUT2D eigenvalue weighted by molar-refractivity contribution is -0.135. The van der Waals surface area contributed by atoms with E-state index in [-0.39, 0.29) is 6.54 Å². The van der Waals surface area contributed by atoms with Gasteiger partial charge >= 0.3 is 5.97 Å². The van der Waals surface area contributed by atoms with Crippen LogP contribution in [0.1, 0.15) is 12.0 Å². The Hall–Kier alpha value is -1.71. The highest BCUT2D eigenvalue weighted by Gasteiger charge is 2.16. The average Bonchev–Trinajstić information content (AvgIpc) is 2.41. The number of rotatable bonds is 2. The summed E-state index contributed by atoms with van der Waals surface area (Å²) in [4.78, 5) is 12.7. The van der Waals surface area contributed by atoms with E-state index in [1.165, 1.54) is 0 Å². The van der Waals surface area contributed by atoms with E-state index in [1.807, 2.05) is 30.0 Å². The van der Waals surface area contributed by atoms with Crippen molar-refractivity contribution in [3.63, 3.8) is 0 Å². The molecule has 0 saturated carbocycles. The van der Waals surface area contributed by atoms with Gasteiger partial charge in [-0.05, 0) is 31.0 Å². The molecular weight excluding hydrogens is 204 g/mol. The van der Waals surface area contributed by atoms with E-state index in [4.69, 9.17) is 5.11 Å². The minimum absolute atomic E-state index is 0.0676. The van der Waals surface area contributed by atoms with Crippen molar-refractivity contribution in [2.75, 3.05) is 29.9 Å². The number of aliphatic carboxylic acids is 1. The smallest absolute Gasteiger partial charge is 0.323 e. The normalized spacial score (nSPS) is 14.9. The summed E-state index contributed by atoms with van der Waals surface area (Å²) in [5, 5.41) is 12.2. The zero-order valence-electron chi connectivity index (χ0n) is 9.36. The van der Waals surface area contributed by atoms with E-state index >= 15 is 0 Å². The fraction of sp³-hybridized carbons (Fsp3) is 0.417. The Bertz CT molecular complexity index is 404. The largest absolute Gasteiger partial charge is 0.480 e. The lowest BCUT2D eigenvalue weighted by atomic mass is 10.1. The lowest BCUT2D eigenvalue weighted by Crippen LogP contribution is -2.30. The van der Waals surface area contributed by atoms with E-state index in [0.717, 1.165) is 36.4 Å². The van der Waals surface area contributed by atoms with Crippen LogP contribution < -0.4 is 10.2 Å². The van der Waals surface area contributed by atoms with E-state index in [0.29, 0.717) is 0 Å². The van der Waals surface area contributed by atoms with Crippen molar-refractivity contribution in [3.8, 4) is 0 Å². The highest BCUT2D eigenvalue weighted by Crippen LogP contribution is 2.29. The van der Waals surface area contributed by atoms with Crippen molar-refractivity contribution in [2.24, 2.45) is 0 Å². The molecule has 86 valence electrons. The summed E-state index contributed by atoms with van der Waals surface area (Å²) in [5.41, 5.74) is 3.18. The number of aryl methyl sites for hydroxylation is 1. The van der Waals surface area contributed by atoms with Crippen LogP contribution in [0, 0.1) is 6.92 Å². The van der Waals surface area contributed by atoms with Gasteiger partial charge in [-0.15, -0.1) is 0 Å². The first-order chi connectivity index (χ1) is 7.66. The fourth-order valence-corrected chi connectivity index (χ4v) is 1.99. The average molecular weight is 220 g/mol. The third-order valence-electron chi connectivity index (χ3n) is 2.74. The number of hydrogen-bond acceptors (Lipinski definition) is 3. The summed E-state index contributed by atoms with van der Waals surface area (Å²) in [7, 11) is 0. The minimum atomic E-state index is -0.783. The van der Waals surface area contributed by atoms with Gasteiger partial charge in [0, 0.05) is 13.1 Å². The van der Waals surface area contributed by atoms with Crippen LogP contribution in [-0.4, -0.2) is 30.7 Å². The summed E-state index contributed by atoms with van der Waals surface area (Å²) in [5.74, 6) is -0.783. The van der Waals surface area contributed by atoms with Gasteiger partial charge < -0.3 is 15.3 Å². The first kappa shape index (κ1) is 10.8. The SMILES string of the molecule is Cc1ccc2c(c1)N(CC(=O)O)CCCN2. The number of carboxylic acids is 1. The molecule has 0 amide bonds. The second-order valence-electron chi connectivity index (χ2n) is 4.12. The van der Waals surface area contributed by atoms with Gasteiger partial charge in [-0.2, -0.15) is 0 Å². The van der Waals surface area contributed by atoms with Crippen LogP contribution in [0.2, 0.25) is 0 Å². The minimum Gasteiger partial charge on any atom is -0.480 e. The molecular formula is C12H16N2O2. The molecule has 1 heterocycles. The van der Waals surface area contributed by atoms with Crippen molar-refractivity contribution in [2.45, 2.75) is 13.3 Å². The molecule has 1 aromatic carbocycles. The van der Waals surface area contributed by atoms with Gasteiger partial charge in [0.1, 0.15) is 6.54 Å². The van der Waals surface area contributed by atoms with Gasteiger partial charge in [0.05, 0.1) is 11.4 Å². The third kappa shape index (κ3) is 2.27. The molecule has 1 aliphatic rings. The monoisotopic (exact) mass is 220 g/mol. The van der Waals surface area contributed by atoms with E-state index in [1.54, 1.807) is 0 Å². The molecule has 0 aliphatic carbocycles. The zero-order valence-corrected chi connectivity index (χ0v) is 9.36. The summed E-state index contributed by atoms with van der Waals surface area (Å²) in [6, 6.07) is 6.09. The Morgan fingerprint density at radius 2 is 2.38 bits per heavy atom. The van der Waals surface area contributed by atoms with Crippen molar-refractivity contribution < 1.29 is 9.90 Å². The number of carbonyl (C=O) groups is 1. The first-order valence-corrected chi connectivity index (χ1v) is 5.48. The van der Waals surface area contributed by atoms with Crippen LogP contribution >= 0.6 is 0 Å². The molecule has 1 aliphatic heterocycles. The first-order valence-electron chi connectivity index (χ1n) is 5.48. The molecule has 0 atom stereocenters. The molecule has 0 aromatic heterocycles. The second-order valence-corrected chi connectivity index (χ2v) is 4.12. The number of hydrogen-bond donors (Lipinski definition) is 2. The van der Waals surface area contributed by atoms with Crippen molar-refractivity contribution >= 4 is 17.3 Å². The lowest BCUT2D eigenvalue weighted by Gasteiger charge is -2.22. The summed E-state index contributed by atoms with van der Waals surface area (Å²) in [6.07, 6.45) is 0.959. The molecule has 0 saturated heterocycles. The summed E-state index contributed by atoms with van der Waals surface area (Å²) in [6.45, 7) is 3.77. The van der Waals surface area contributed by atoms with E-state index in [2.05, 4.69) is 5.32 Å². The number of nitrogens with zero attached hydrogens (tertiary/aromatic N) is 1. The molecule has 1 aromatic rings. The Morgan fingerprint density at radius 1 is 1.56 bits per heavy atom. The van der Waals surface area contributed by atoms with Gasteiger partial charge in [0.25, 0.3) is 0 Å². The Labute approximate surface area is 94.9 Å². The molecule has 0 radical (unpaired) electrons. The highest BCUT2D eigenvalue weighted by atomic mass is 16.4. The van der Waals surface area contributed by atoms with Gasteiger partial charge in [0.2, 0.25) is 0 Å². The second kappa shape index (κ2) is 4.43. The molecule has 0 fully saturated rings. The number of carboxylic acid groups (broad SMARTS) is 1. The van der Waals surface area contributed by atoms with Gasteiger partial charge in [0.15, 0.2) is 0 Å². The number of nitrogens with one attached hydrogen (secondary N) is 1. The maximum absolute atomic E-state index is 10.8. The van der Waals surface area contributed by atoms with Crippen molar-refractivity contribution in [1.29, 1.82) is 0 Å². The van der Waals surface area contributed by atoms with Gasteiger partial charge in [-0.25, -0.2) is 0 Å². The van der Waals surface area contributed by atoms with Crippen molar-refractivity contribution in [1.82, 2.24) is 0 Å². The number of benzene rings is 1. The fourth-order valence-electron chi connectivity index (χ4n) is 1.99. The predicted molar refractivity (Wildman–Crippen MR) is 64.1 cm³/mol. The van der Waals surface area contributed by atoms with Crippen LogP contribution in [0.25, 0.3) is 0 Å². The van der Waals surface area contributed by atoms with Gasteiger partial charge in [-0.1, -0.05) is 6.07 Å². The quantitative estimate of drug-likeness (QED) is 0.796. The molecule has 16 heavy (non-hydrogen) atoms. The van der Waals surface area contributed by atoms with Crippen LogP contribution in [0.4, 0.5) is 11.4 Å². The Morgan fingerprint density at radius 3 is 3.12 bits per heavy atom. The molecule has 0 bridgehead atoms. The Kier molecular flexibility index (Phi) is 2.99. The molecule has 4 nitrogen and oxygen atoms in total. The van der Waals surface area contributed by atoms with E-state index < -0.39 is 5.97 Å². The van der Waals surface area contributed by atoms with Gasteiger partial charge in [-0.3, -0.25) is 4.79 Å². The zero-order chi connectivity index (χ0) is 11.5. The van der Waals surface area contributed by atoms with Crippen LogP contribution in [0.5, 0.6) is 0 Å². The Balaban J connectivity index is 2.34. The highest BCUT2D eigenvalue weighted by molar-refractivity contribution is 5.79.